The van der Waals surface area contributed by atoms with Crippen LogP contribution < -0.4 is 5.73 Å². The van der Waals surface area contributed by atoms with Gasteiger partial charge in [0.15, 0.2) is 0 Å². The molecule has 1 heterocycles. The van der Waals surface area contributed by atoms with Crippen molar-refractivity contribution in [1.82, 2.24) is 9.80 Å². The molecule has 4 nitrogen and oxygen atoms in total. The van der Waals surface area contributed by atoms with Crippen LogP contribution in [0.15, 0.2) is 0 Å². The molecule has 0 aliphatic carbocycles. The summed E-state index contributed by atoms with van der Waals surface area (Å²) in [7, 11) is 0. The number of hydrogen-bond donors (Lipinski definition) is 1. The maximum absolute atomic E-state index is 5.88. The lowest BCUT2D eigenvalue weighted by Gasteiger charge is -2.35. The van der Waals surface area contributed by atoms with Crippen molar-refractivity contribution in [2.75, 3.05) is 45.9 Å². The lowest BCUT2D eigenvalue weighted by molar-refractivity contribution is -0.0393. The maximum Gasteiger partial charge on any atom is 0.0850 e. The first kappa shape index (κ1) is 13.9. The molecule has 0 amide bonds. The van der Waals surface area contributed by atoms with Crippen molar-refractivity contribution in [2.24, 2.45) is 5.73 Å². The highest BCUT2D eigenvalue weighted by molar-refractivity contribution is 4.78. The summed E-state index contributed by atoms with van der Waals surface area (Å²) in [4.78, 5) is 4.92. The molecule has 1 rings (SSSR count). The van der Waals surface area contributed by atoms with Gasteiger partial charge in [-0.15, -0.1) is 0 Å². The number of likely N-dealkylation sites (N-methyl/N-ethyl adjacent to an activating group) is 1. The summed E-state index contributed by atoms with van der Waals surface area (Å²) < 4.78 is 5.65. The summed E-state index contributed by atoms with van der Waals surface area (Å²) in [5.74, 6) is 0. The quantitative estimate of drug-likeness (QED) is 0.715. The summed E-state index contributed by atoms with van der Waals surface area (Å²) in [6.07, 6.45) is 0.213. The van der Waals surface area contributed by atoms with Gasteiger partial charge < -0.3 is 15.4 Å². The van der Waals surface area contributed by atoms with Crippen LogP contribution in [0.2, 0.25) is 0 Å². The molecular weight excluding hydrogens is 202 g/mol. The lowest BCUT2D eigenvalue weighted by atomic mass is 10.1. The minimum atomic E-state index is 0.135. The van der Waals surface area contributed by atoms with Crippen molar-refractivity contribution in [1.29, 1.82) is 0 Å². The van der Waals surface area contributed by atoms with Gasteiger partial charge in [0.1, 0.15) is 0 Å². The molecule has 0 bridgehead atoms. The molecule has 0 saturated carbocycles. The molecule has 0 aromatic rings. The Morgan fingerprint density at radius 2 is 2.12 bits per heavy atom. The number of rotatable bonds is 6. The Morgan fingerprint density at radius 3 is 2.69 bits per heavy atom. The highest BCUT2D eigenvalue weighted by Gasteiger charge is 2.23. The smallest absolute Gasteiger partial charge is 0.0850 e. The molecule has 16 heavy (non-hydrogen) atoms. The molecule has 1 saturated heterocycles. The minimum Gasteiger partial charge on any atom is -0.374 e. The third-order valence-corrected chi connectivity index (χ3v) is 3.39. The molecule has 0 aromatic heterocycles. The molecule has 2 atom stereocenters. The van der Waals surface area contributed by atoms with Gasteiger partial charge in [-0.2, -0.15) is 0 Å². The zero-order valence-corrected chi connectivity index (χ0v) is 11.0. The summed E-state index contributed by atoms with van der Waals surface area (Å²) in [5, 5.41) is 0. The highest BCUT2D eigenvalue weighted by Crippen LogP contribution is 2.07. The van der Waals surface area contributed by atoms with E-state index < -0.39 is 0 Å². The van der Waals surface area contributed by atoms with E-state index in [1.54, 1.807) is 0 Å². The first-order chi connectivity index (χ1) is 7.67. The van der Waals surface area contributed by atoms with Gasteiger partial charge in [0.25, 0.3) is 0 Å². The molecule has 0 radical (unpaired) electrons. The highest BCUT2D eigenvalue weighted by atomic mass is 16.5. The van der Waals surface area contributed by atoms with E-state index in [1.807, 2.05) is 6.92 Å². The van der Waals surface area contributed by atoms with E-state index in [0.29, 0.717) is 0 Å². The molecule has 1 fully saturated rings. The first-order valence-electron chi connectivity index (χ1n) is 6.49. The second-order valence-electron chi connectivity index (χ2n) is 4.60. The van der Waals surface area contributed by atoms with Crippen LogP contribution >= 0.6 is 0 Å². The number of nitrogens with zero attached hydrogens (tertiary/aromatic N) is 2. The Labute approximate surface area is 99.7 Å². The van der Waals surface area contributed by atoms with E-state index in [-0.39, 0.29) is 12.1 Å². The Bertz CT molecular complexity index is 183. The van der Waals surface area contributed by atoms with Crippen LogP contribution in [0.5, 0.6) is 0 Å². The fourth-order valence-corrected chi connectivity index (χ4v) is 2.08. The maximum atomic E-state index is 5.88. The SMILES string of the molecule is CCN(CC)CCN1CCOC(C(C)N)C1. The molecular formula is C12H27N3O. The monoisotopic (exact) mass is 229 g/mol. The number of nitrogens with two attached hydrogens (primary N) is 1. The number of morpholine rings is 1. The van der Waals surface area contributed by atoms with Crippen LogP contribution in [-0.2, 0) is 4.74 Å². The Balaban J connectivity index is 2.26. The predicted molar refractivity (Wildman–Crippen MR) is 67.6 cm³/mol. The van der Waals surface area contributed by atoms with Crippen LogP contribution in [-0.4, -0.2) is 67.8 Å². The molecule has 2 unspecified atom stereocenters. The molecule has 2 N–H and O–H groups in total. The van der Waals surface area contributed by atoms with Gasteiger partial charge in [0.05, 0.1) is 12.7 Å². The second kappa shape index (κ2) is 7.22. The predicted octanol–water partition coefficient (Wildman–Crippen LogP) is 0.376. The Hall–Kier alpha value is -0.160. The lowest BCUT2D eigenvalue weighted by Crippen LogP contribution is -2.51. The van der Waals surface area contributed by atoms with E-state index in [9.17, 15) is 0 Å². The van der Waals surface area contributed by atoms with Crippen molar-refractivity contribution < 1.29 is 4.74 Å². The zero-order valence-electron chi connectivity index (χ0n) is 11.0. The summed E-state index contributed by atoms with van der Waals surface area (Å²) >= 11 is 0. The molecule has 4 heteroatoms. The van der Waals surface area contributed by atoms with Crippen LogP contribution in [0, 0.1) is 0 Å². The largest absolute Gasteiger partial charge is 0.374 e. The van der Waals surface area contributed by atoms with Crippen LogP contribution in [0.1, 0.15) is 20.8 Å². The van der Waals surface area contributed by atoms with Gasteiger partial charge in [-0.05, 0) is 20.0 Å². The third-order valence-electron chi connectivity index (χ3n) is 3.39. The van der Waals surface area contributed by atoms with Gasteiger partial charge in [0.2, 0.25) is 0 Å². The Morgan fingerprint density at radius 1 is 1.44 bits per heavy atom. The zero-order chi connectivity index (χ0) is 12.0. The third kappa shape index (κ3) is 4.37. The van der Waals surface area contributed by atoms with Crippen molar-refractivity contribution in [3.63, 3.8) is 0 Å². The average Bonchev–Trinajstić information content (AvgIpc) is 2.31. The van der Waals surface area contributed by atoms with Crippen LogP contribution in [0.3, 0.4) is 0 Å². The summed E-state index contributed by atoms with van der Waals surface area (Å²) in [6, 6.07) is 0.135. The van der Waals surface area contributed by atoms with Crippen LogP contribution in [0.4, 0.5) is 0 Å². The molecule has 0 spiro atoms. The molecule has 96 valence electrons. The van der Waals surface area contributed by atoms with E-state index in [2.05, 4.69) is 23.6 Å². The normalized spacial score (nSPS) is 24.9. The van der Waals surface area contributed by atoms with Gasteiger partial charge >= 0.3 is 0 Å². The first-order valence-corrected chi connectivity index (χ1v) is 6.49. The minimum absolute atomic E-state index is 0.135. The molecule has 1 aliphatic heterocycles. The van der Waals surface area contributed by atoms with Crippen molar-refractivity contribution >= 4 is 0 Å². The van der Waals surface area contributed by atoms with Crippen molar-refractivity contribution in [2.45, 2.75) is 32.9 Å². The van der Waals surface area contributed by atoms with Gasteiger partial charge in [-0.1, -0.05) is 13.8 Å². The van der Waals surface area contributed by atoms with Crippen molar-refractivity contribution in [3.05, 3.63) is 0 Å². The van der Waals surface area contributed by atoms with E-state index in [1.165, 1.54) is 0 Å². The summed E-state index contributed by atoms with van der Waals surface area (Å²) in [6.45, 7) is 13.9. The van der Waals surface area contributed by atoms with Crippen molar-refractivity contribution in [3.8, 4) is 0 Å². The van der Waals surface area contributed by atoms with Gasteiger partial charge in [0, 0.05) is 32.2 Å². The van der Waals surface area contributed by atoms with E-state index in [4.69, 9.17) is 10.5 Å². The fourth-order valence-electron chi connectivity index (χ4n) is 2.08. The molecule has 1 aliphatic rings. The topological polar surface area (TPSA) is 41.7 Å². The summed E-state index contributed by atoms with van der Waals surface area (Å²) in [5.41, 5.74) is 5.88. The Kier molecular flexibility index (Phi) is 6.28. The van der Waals surface area contributed by atoms with E-state index in [0.717, 1.165) is 45.9 Å². The van der Waals surface area contributed by atoms with Gasteiger partial charge in [-0.3, -0.25) is 4.90 Å². The second-order valence-corrected chi connectivity index (χ2v) is 4.60. The average molecular weight is 229 g/mol. The fraction of sp³-hybridized carbons (Fsp3) is 1.00. The van der Waals surface area contributed by atoms with Gasteiger partial charge in [-0.25, -0.2) is 0 Å². The standard InChI is InChI=1S/C12H27N3O/c1-4-14(5-2)6-7-15-8-9-16-12(10-15)11(3)13/h11-12H,4-10,13H2,1-3H3. The van der Waals surface area contributed by atoms with Crippen LogP contribution in [0.25, 0.3) is 0 Å². The number of hydrogen-bond acceptors (Lipinski definition) is 4. The van der Waals surface area contributed by atoms with E-state index >= 15 is 0 Å². The number of ether oxygens (including phenoxy) is 1. The molecule has 0 aromatic carbocycles.